The SMILES string of the molecule is CCCCCCCC(=O)C(CCCCCCCCCCCCC(C)C)(C(=O)O)C(O)(CC(=O)O)C(=O)O. The number of rotatable bonds is 25. The minimum Gasteiger partial charge on any atom is -0.481 e. The Bertz CT molecular complexity index is 689. The number of carboxylic acid groups (broad SMARTS) is 3. The first-order chi connectivity index (χ1) is 17.5. The molecule has 0 amide bonds. The van der Waals surface area contributed by atoms with Crippen molar-refractivity contribution >= 4 is 23.7 Å². The van der Waals surface area contributed by atoms with Gasteiger partial charge in [0.05, 0.1) is 6.42 Å². The van der Waals surface area contributed by atoms with E-state index in [-0.39, 0.29) is 12.8 Å². The monoisotopic (exact) mass is 528 g/mol. The summed E-state index contributed by atoms with van der Waals surface area (Å²) in [5, 5.41) is 40.0. The molecule has 0 aliphatic carbocycles. The molecule has 2 unspecified atom stereocenters. The number of carbonyl (C=O) groups excluding carboxylic acids is 1. The van der Waals surface area contributed by atoms with Gasteiger partial charge in [-0.2, -0.15) is 0 Å². The van der Waals surface area contributed by atoms with E-state index in [2.05, 4.69) is 13.8 Å². The average Bonchev–Trinajstić information content (AvgIpc) is 2.80. The summed E-state index contributed by atoms with van der Waals surface area (Å²) >= 11 is 0. The van der Waals surface area contributed by atoms with Gasteiger partial charge in [-0.1, -0.05) is 117 Å². The highest BCUT2D eigenvalue weighted by atomic mass is 16.4. The quantitative estimate of drug-likeness (QED) is 0.0763. The van der Waals surface area contributed by atoms with E-state index in [4.69, 9.17) is 0 Å². The minimum atomic E-state index is -3.22. The molecular weight excluding hydrogens is 476 g/mol. The third-order valence-electron chi connectivity index (χ3n) is 7.40. The predicted octanol–water partition coefficient (Wildman–Crippen LogP) is 6.61. The number of ketones is 1. The van der Waals surface area contributed by atoms with Gasteiger partial charge < -0.3 is 20.4 Å². The van der Waals surface area contributed by atoms with Crippen molar-refractivity contribution in [3.05, 3.63) is 0 Å². The third kappa shape index (κ3) is 12.4. The maximum absolute atomic E-state index is 13.2. The third-order valence-corrected chi connectivity index (χ3v) is 7.40. The predicted molar refractivity (Wildman–Crippen MR) is 144 cm³/mol. The van der Waals surface area contributed by atoms with Gasteiger partial charge in [0, 0.05) is 6.42 Å². The second kappa shape index (κ2) is 19.2. The van der Waals surface area contributed by atoms with Crippen LogP contribution < -0.4 is 0 Å². The summed E-state index contributed by atoms with van der Waals surface area (Å²) in [7, 11) is 0. The Morgan fingerprint density at radius 3 is 1.54 bits per heavy atom. The Labute approximate surface area is 223 Å². The zero-order chi connectivity index (χ0) is 28.3. The Hall–Kier alpha value is -1.96. The number of carbonyl (C=O) groups is 4. The topological polar surface area (TPSA) is 149 Å². The van der Waals surface area contributed by atoms with E-state index in [0.29, 0.717) is 19.3 Å². The van der Waals surface area contributed by atoms with Gasteiger partial charge in [0.15, 0.2) is 16.8 Å². The van der Waals surface area contributed by atoms with E-state index in [9.17, 15) is 39.6 Å². The standard InChI is InChI=1S/C29H52O8/c1-4-5-6-13-17-20-24(30)28(26(33)34,29(37,27(35)36)22-25(31)32)21-18-15-12-10-8-7-9-11-14-16-19-23(2)3/h23,37H,4-22H2,1-3H3,(H,31,32)(H,33,34)(H,35,36). The molecule has 8 nitrogen and oxygen atoms in total. The molecule has 216 valence electrons. The molecule has 0 heterocycles. The second-order valence-electron chi connectivity index (χ2n) is 11.0. The van der Waals surface area contributed by atoms with Crippen LogP contribution in [0.15, 0.2) is 0 Å². The lowest BCUT2D eigenvalue weighted by molar-refractivity contribution is -0.196. The normalized spacial score (nSPS) is 14.7. The maximum atomic E-state index is 13.2. The number of hydrogen-bond acceptors (Lipinski definition) is 5. The highest BCUT2D eigenvalue weighted by molar-refractivity contribution is 6.09. The van der Waals surface area contributed by atoms with Crippen molar-refractivity contribution < 1.29 is 39.6 Å². The average molecular weight is 529 g/mol. The van der Waals surface area contributed by atoms with E-state index in [1.807, 2.05) is 6.92 Å². The molecule has 0 spiro atoms. The van der Waals surface area contributed by atoms with Gasteiger partial charge >= 0.3 is 17.9 Å². The molecule has 4 N–H and O–H groups in total. The van der Waals surface area contributed by atoms with Gasteiger partial charge in [0.25, 0.3) is 0 Å². The first kappa shape index (κ1) is 35.0. The van der Waals surface area contributed by atoms with Crippen LogP contribution in [0, 0.1) is 11.3 Å². The molecular formula is C29H52O8. The van der Waals surface area contributed by atoms with Crippen LogP contribution >= 0.6 is 0 Å². The summed E-state index contributed by atoms with van der Waals surface area (Å²) in [6, 6.07) is 0. The fourth-order valence-electron chi connectivity index (χ4n) is 5.07. The van der Waals surface area contributed by atoms with Crippen molar-refractivity contribution in [2.75, 3.05) is 0 Å². The summed E-state index contributed by atoms with van der Waals surface area (Å²) in [6.07, 6.45) is 12.9. The fourth-order valence-corrected chi connectivity index (χ4v) is 5.07. The molecule has 37 heavy (non-hydrogen) atoms. The van der Waals surface area contributed by atoms with Crippen LogP contribution in [-0.2, 0) is 19.2 Å². The summed E-state index contributed by atoms with van der Waals surface area (Å²) < 4.78 is 0. The number of hydrogen-bond donors (Lipinski definition) is 4. The van der Waals surface area contributed by atoms with E-state index in [0.717, 1.165) is 50.9 Å². The Kier molecular flexibility index (Phi) is 18.1. The van der Waals surface area contributed by atoms with Crippen LogP contribution in [0.4, 0.5) is 0 Å². The van der Waals surface area contributed by atoms with Crippen molar-refractivity contribution in [2.24, 2.45) is 11.3 Å². The Morgan fingerprint density at radius 1 is 0.649 bits per heavy atom. The Morgan fingerprint density at radius 2 is 1.11 bits per heavy atom. The number of carboxylic acids is 3. The van der Waals surface area contributed by atoms with E-state index in [1.54, 1.807) is 0 Å². The van der Waals surface area contributed by atoms with Gasteiger partial charge in [0.1, 0.15) is 0 Å². The minimum absolute atomic E-state index is 0.206. The van der Waals surface area contributed by atoms with Crippen molar-refractivity contribution in [1.29, 1.82) is 0 Å². The smallest absolute Gasteiger partial charge is 0.338 e. The zero-order valence-corrected chi connectivity index (χ0v) is 23.4. The molecule has 0 saturated carbocycles. The van der Waals surface area contributed by atoms with Gasteiger partial charge in [0.2, 0.25) is 0 Å². The summed E-state index contributed by atoms with van der Waals surface area (Å²) in [5.41, 5.74) is -5.92. The molecule has 8 heteroatoms. The molecule has 0 aliphatic heterocycles. The first-order valence-corrected chi connectivity index (χ1v) is 14.4. The number of unbranched alkanes of at least 4 members (excludes halogenated alkanes) is 13. The van der Waals surface area contributed by atoms with Crippen LogP contribution in [0.5, 0.6) is 0 Å². The van der Waals surface area contributed by atoms with Crippen LogP contribution in [0.1, 0.15) is 143 Å². The lowest BCUT2D eigenvalue weighted by Gasteiger charge is -2.39. The van der Waals surface area contributed by atoms with Gasteiger partial charge in [-0.05, 0) is 18.8 Å². The highest BCUT2D eigenvalue weighted by Gasteiger charge is 2.65. The van der Waals surface area contributed by atoms with Crippen LogP contribution in [0.2, 0.25) is 0 Å². The highest BCUT2D eigenvalue weighted by Crippen LogP contribution is 2.43. The lowest BCUT2D eigenvalue weighted by Crippen LogP contribution is -2.63. The number of Topliss-reactive ketones (excluding diaryl/α,β-unsaturated/α-hetero) is 1. The summed E-state index contributed by atoms with van der Waals surface area (Å²) in [4.78, 5) is 49.1. The van der Waals surface area contributed by atoms with Crippen molar-refractivity contribution in [3.63, 3.8) is 0 Å². The Balaban J connectivity index is 5.07. The molecule has 0 rings (SSSR count). The van der Waals surface area contributed by atoms with Gasteiger partial charge in [-0.25, -0.2) is 4.79 Å². The summed E-state index contributed by atoms with van der Waals surface area (Å²) in [6.45, 7) is 6.51. The largest absolute Gasteiger partial charge is 0.481 e. The van der Waals surface area contributed by atoms with Crippen molar-refractivity contribution in [1.82, 2.24) is 0 Å². The van der Waals surface area contributed by atoms with Crippen LogP contribution in [-0.4, -0.2) is 49.7 Å². The molecule has 0 aromatic carbocycles. The molecule has 0 fully saturated rings. The fraction of sp³-hybridized carbons (Fsp3) is 0.862. The molecule has 0 radical (unpaired) electrons. The van der Waals surface area contributed by atoms with Gasteiger partial charge in [-0.3, -0.25) is 14.4 Å². The van der Waals surface area contributed by atoms with Crippen molar-refractivity contribution in [3.8, 4) is 0 Å². The van der Waals surface area contributed by atoms with E-state index < -0.39 is 47.5 Å². The molecule has 0 aliphatic rings. The van der Waals surface area contributed by atoms with Crippen molar-refractivity contribution in [2.45, 2.75) is 148 Å². The second-order valence-corrected chi connectivity index (χ2v) is 11.0. The molecule has 0 bridgehead atoms. The number of aliphatic carboxylic acids is 3. The molecule has 2 atom stereocenters. The zero-order valence-electron chi connectivity index (χ0n) is 23.4. The van der Waals surface area contributed by atoms with E-state index >= 15 is 0 Å². The maximum Gasteiger partial charge on any atom is 0.338 e. The molecule has 0 aromatic rings. The first-order valence-electron chi connectivity index (χ1n) is 14.4. The molecule has 0 saturated heterocycles. The lowest BCUT2D eigenvalue weighted by atomic mass is 9.63. The van der Waals surface area contributed by atoms with Crippen LogP contribution in [0.25, 0.3) is 0 Å². The molecule has 0 aromatic heterocycles. The number of aliphatic hydroxyl groups is 1. The van der Waals surface area contributed by atoms with Gasteiger partial charge in [-0.15, -0.1) is 0 Å². The van der Waals surface area contributed by atoms with Crippen LogP contribution in [0.3, 0.4) is 0 Å². The van der Waals surface area contributed by atoms with E-state index in [1.165, 1.54) is 32.1 Å². The summed E-state index contributed by atoms with van der Waals surface area (Å²) in [5.74, 6) is -5.59.